The molecule has 4 nitrogen and oxygen atoms in total. The van der Waals surface area contributed by atoms with Crippen molar-refractivity contribution in [1.29, 1.82) is 0 Å². The smallest absolute Gasteiger partial charge is 0.227 e. The van der Waals surface area contributed by atoms with Gasteiger partial charge in [0.05, 0.1) is 5.92 Å². The third-order valence-electron chi connectivity index (χ3n) is 3.66. The first-order valence-electron chi connectivity index (χ1n) is 6.94. The van der Waals surface area contributed by atoms with Crippen LogP contribution >= 0.6 is 0 Å². The van der Waals surface area contributed by atoms with E-state index in [0.29, 0.717) is 19.1 Å². The van der Waals surface area contributed by atoms with Crippen LogP contribution in [-0.4, -0.2) is 28.5 Å². The number of aromatic hydroxyl groups is 1. The second-order valence-electron chi connectivity index (χ2n) is 5.21. The zero-order chi connectivity index (χ0) is 13.8. The van der Waals surface area contributed by atoms with Crippen LogP contribution in [0.1, 0.15) is 31.7 Å². The Balaban J connectivity index is 2.10. The third-order valence-corrected chi connectivity index (χ3v) is 3.66. The predicted octanol–water partition coefficient (Wildman–Crippen LogP) is 1.87. The molecule has 104 valence electrons. The van der Waals surface area contributed by atoms with Gasteiger partial charge in [-0.1, -0.05) is 19.1 Å². The van der Waals surface area contributed by atoms with E-state index in [2.05, 4.69) is 0 Å². The van der Waals surface area contributed by atoms with E-state index in [1.807, 2.05) is 17.9 Å². The van der Waals surface area contributed by atoms with Gasteiger partial charge < -0.3 is 15.7 Å². The monoisotopic (exact) mass is 262 g/mol. The van der Waals surface area contributed by atoms with E-state index in [9.17, 15) is 9.90 Å². The number of amides is 1. The van der Waals surface area contributed by atoms with Gasteiger partial charge in [-0.05, 0) is 37.0 Å². The number of carbonyl (C=O) groups excluding carboxylic acids is 1. The van der Waals surface area contributed by atoms with Crippen molar-refractivity contribution in [2.45, 2.75) is 38.8 Å². The summed E-state index contributed by atoms with van der Waals surface area (Å²) in [6, 6.07) is 7.45. The van der Waals surface area contributed by atoms with Crippen LogP contribution in [0.15, 0.2) is 24.3 Å². The summed E-state index contributed by atoms with van der Waals surface area (Å²) in [7, 11) is 0. The molecule has 3 N–H and O–H groups in total. The minimum Gasteiger partial charge on any atom is -0.508 e. The van der Waals surface area contributed by atoms with Gasteiger partial charge in [0.2, 0.25) is 5.91 Å². The minimum absolute atomic E-state index is 0.0853. The van der Waals surface area contributed by atoms with Crippen LogP contribution in [0.5, 0.6) is 5.75 Å². The van der Waals surface area contributed by atoms with Crippen LogP contribution in [-0.2, 0) is 11.3 Å². The Kier molecular flexibility index (Phi) is 4.43. The molecule has 0 spiro atoms. The van der Waals surface area contributed by atoms with E-state index in [1.165, 1.54) is 0 Å². The SMILES string of the molecule is CCC(CN)C(=O)N(Cc1cccc(O)c1)C1CC1. The van der Waals surface area contributed by atoms with Gasteiger partial charge in [-0.15, -0.1) is 0 Å². The third kappa shape index (κ3) is 3.47. The van der Waals surface area contributed by atoms with Crippen LogP contribution < -0.4 is 5.73 Å². The van der Waals surface area contributed by atoms with Gasteiger partial charge in [0.1, 0.15) is 5.75 Å². The summed E-state index contributed by atoms with van der Waals surface area (Å²) >= 11 is 0. The van der Waals surface area contributed by atoms with Gasteiger partial charge in [0.15, 0.2) is 0 Å². The second kappa shape index (κ2) is 6.06. The Bertz CT molecular complexity index is 440. The Hall–Kier alpha value is -1.55. The maximum absolute atomic E-state index is 12.5. The number of phenolic OH excluding ortho intramolecular Hbond substituents is 1. The van der Waals surface area contributed by atoms with Crippen molar-refractivity contribution < 1.29 is 9.90 Å². The van der Waals surface area contributed by atoms with Crippen molar-refractivity contribution in [3.05, 3.63) is 29.8 Å². The first-order valence-corrected chi connectivity index (χ1v) is 6.94. The first-order chi connectivity index (χ1) is 9.15. The summed E-state index contributed by atoms with van der Waals surface area (Å²) in [4.78, 5) is 14.4. The lowest BCUT2D eigenvalue weighted by Crippen LogP contribution is -2.39. The number of benzene rings is 1. The van der Waals surface area contributed by atoms with E-state index in [0.717, 1.165) is 24.8 Å². The fraction of sp³-hybridized carbons (Fsp3) is 0.533. The molecule has 1 aliphatic rings. The zero-order valence-electron chi connectivity index (χ0n) is 11.4. The molecular formula is C15H22N2O2. The molecule has 1 amide bonds. The van der Waals surface area contributed by atoms with Crippen molar-refractivity contribution in [1.82, 2.24) is 4.90 Å². The van der Waals surface area contributed by atoms with Crippen molar-refractivity contribution in [2.24, 2.45) is 11.7 Å². The summed E-state index contributed by atoms with van der Waals surface area (Å²) < 4.78 is 0. The predicted molar refractivity (Wildman–Crippen MR) is 74.5 cm³/mol. The molecule has 0 aliphatic heterocycles. The topological polar surface area (TPSA) is 66.6 Å². The molecule has 0 heterocycles. The summed E-state index contributed by atoms with van der Waals surface area (Å²) in [6.07, 6.45) is 2.93. The molecule has 19 heavy (non-hydrogen) atoms. The lowest BCUT2D eigenvalue weighted by atomic mass is 10.0. The molecule has 1 atom stereocenters. The highest BCUT2D eigenvalue weighted by Crippen LogP contribution is 2.30. The first kappa shape index (κ1) is 13.9. The van der Waals surface area contributed by atoms with E-state index in [1.54, 1.807) is 18.2 Å². The van der Waals surface area contributed by atoms with Crippen LogP contribution in [0.4, 0.5) is 0 Å². The molecule has 1 aliphatic carbocycles. The van der Waals surface area contributed by atoms with Gasteiger partial charge in [-0.25, -0.2) is 0 Å². The largest absolute Gasteiger partial charge is 0.508 e. The molecule has 2 rings (SSSR count). The fourth-order valence-corrected chi connectivity index (χ4v) is 2.30. The molecule has 0 bridgehead atoms. The highest BCUT2D eigenvalue weighted by atomic mass is 16.3. The lowest BCUT2D eigenvalue weighted by Gasteiger charge is -2.26. The van der Waals surface area contributed by atoms with Crippen molar-refractivity contribution >= 4 is 5.91 Å². The van der Waals surface area contributed by atoms with Gasteiger partial charge in [-0.2, -0.15) is 0 Å². The van der Waals surface area contributed by atoms with Gasteiger partial charge in [0, 0.05) is 19.1 Å². The normalized spacial score (nSPS) is 16.1. The average Bonchev–Trinajstić information content (AvgIpc) is 3.21. The molecule has 0 radical (unpaired) electrons. The fourth-order valence-electron chi connectivity index (χ4n) is 2.30. The Morgan fingerprint density at radius 3 is 2.79 bits per heavy atom. The standard InChI is InChI=1S/C15H22N2O2/c1-2-12(9-16)15(19)17(13-6-7-13)10-11-4-3-5-14(18)8-11/h3-5,8,12-13,18H,2,6-7,9-10,16H2,1H3. The number of carbonyl (C=O) groups is 1. The summed E-state index contributed by atoms with van der Waals surface area (Å²) in [6.45, 7) is 2.96. The summed E-state index contributed by atoms with van der Waals surface area (Å²) in [5, 5.41) is 9.50. The van der Waals surface area contributed by atoms with Gasteiger partial charge >= 0.3 is 0 Å². The molecular weight excluding hydrogens is 240 g/mol. The number of rotatable bonds is 6. The number of hydrogen-bond donors (Lipinski definition) is 2. The Morgan fingerprint density at radius 2 is 2.26 bits per heavy atom. The minimum atomic E-state index is -0.0853. The molecule has 0 aromatic heterocycles. The molecule has 1 unspecified atom stereocenters. The van der Waals surface area contributed by atoms with Gasteiger partial charge in [0.25, 0.3) is 0 Å². The molecule has 1 fully saturated rings. The molecule has 4 heteroatoms. The Morgan fingerprint density at radius 1 is 1.53 bits per heavy atom. The van der Waals surface area contributed by atoms with Crippen molar-refractivity contribution in [3.63, 3.8) is 0 Å². The van der Waals surface area contributed by atoms with Crippen LogP contribution in [0, 0.1) is 5.92 Å². The van der Waals surface area contributed by atoms with Crippen molar-refractivity contribution in [2.75, 3.05) is 6.54 Å². The molecule has 1 aromatic rings. The lowest BCUT2D eigenvalue weighted by molar-refractivity contribution is -0.136. The van der Waals surface area contributed by atoms with Crippen LogP contribution in [0.2, 0.25) is 0 Å². The average molecular weight is 262 g/mol. The number of phenols is 1. The number of hydrogen-bond acceptors (Lipinski definition) is 3. The van der Waals surface area contributed by atoms with Crippen molar-refractivity contribution in [3.8, 4) is 5.75 Å². The van der Waals surface area contributed by atoms with Gasteiger partial charge in [-0.3, -0.25) is 4.79 Å². The Labute approximate surface area is 114 Å². The second-order valence-corrected chi connectivity index (χ2v) is 5.21. The number of nitrogens with zero attached hydrogens (tertiary/aromatic N) is 1. The maximum Gasteiger partial charge on any atom is 0.227 e. The quantitative estimate of drug-likeness (QED) is 0.822. The summed E-state index contributed by atoms with van der Waals surface area (Å²) in [5.74, 6) is 0.306. The summed E-state index contributed by atoms with van der Waals surface area (Å²) in [5.41, 5.74) is 6.64. The van der Waals surface area contributed by atoms with E-state index >= 15 is 0 Å². The van der Waals surface area contributed by atoms with E-state index in [4.69, 9.17) is 5.73 Å². The molecule has 1 saturated carbocycles. The maximum atomic E-state index is 12.5. The zero-order valence-corrected chi connectivity index (χ0v) is 11.4. The van der Waals surface area contributed by atoms with E-state index < -0.39 is 0 Å². The number of nitrogens with two attached hydrogens (primary N) is 1. The molecule has 1 aromatic carbocycles. The van der Waals surface area contributed by atoms with Crippen LogP contribution in [0.3, 0.4) is 0 Å². The highest BCUT2D eigenvalue weighted by Gasteiger charge is 2.34. The van der Waals surface area contributed by atoms with E-state index in [-0.39, 0.29) is 17.6 Å². The molecule has 0 saturated heterocycles. The van der Waals surface area contributed by atoms with Crippen LogP contribution in [0.25, 0.3) is 0 Å². The highest BCUT2D eigenvalue weighted by molar-refractivity contribution is 5.79.